The van der Waals surface area contributed by atoms with Gasteiger partial charge in [-0.25, -0.2) is 8.42 Å². The number of aromatic nitrogens is 2. The van der Waals surface area contributed by atoms with Gasteiger partial charge in [-0.1, -0.05) is 30.3 Å². The molecule has 2 N–H and O–H groups in total. The fourth-order valence-electron chi connectivity index (χ4n) is 1.99. The predicted molar refractivity (Wildman–Crippen MR) is 77.4 cm³/mol. The molecule has 2 aromatic rings. The first-order valence-corrected chi connectivity index (χ1v) is 7.60. The van der Waals surface area contributed by atoms with Crippen molar-refractivity contribution in [1.82, 2.24) is 14.1 Å². The quantitative estimate of drug-likeness (QED) is 0.923. The summed E-state index contributed by atoms with van der Waals surface area (Å²) in [5.41, 5.74) is 6.58. The minimum absolute atomic E-state index is 0.0135. The number of benzene rings is 1. The lowest BCUT2D eigenvalue weighted by Gasteiger charge is -2.24. The zero-order chi connectivity index (χ0) is 14.9. The zero-order valence-corrected chi connectivity index (χ0v) is 12.5. The molecule has 1 aromatic heterocycles. The van der Waals surface area contributed by atoms with Gasteiger partial charge in [0.05, 0.1) is 0 Å². The highest BCUT2D eigenvalue weighted by atomic mass is 32.2. The van der Waals surface area contributed by atoms with Gasteiger partial charge in [0.15, 0.2) is 5.82 Å². The lowest BCUT2D eigenvalue weighted by Crippen LogP contribution is -2.30. The second-order valence-electron chi connectivity index (χ2n) is 4.66. The lowest BCUT2D eigenvalue weighted by molar-refractivity contribution is 0.398. The summed E-state index contributed by atoms with van der Waals surface area (Å²) in [6, 6.07) is 9.15. The summed E-state index contributed by atoms with van der Waals surface area (Å²) in [7, 11) is -0.495. The average molecular weight is 294 g/mol. The molecule has 1 heterocycles. The maximum Gasteiger partial charge on any atom is 0.248 e. The van der Waals surface area contributed by atoms with Gasteiger partial charge >= 0.3 is 0 Å². The van der Waals surface area contributed by atoms with E-state index in [0.717, 1.165) is 5.56 Å². The highest BCUT2D eigenvalue weighted by Gasteiger charge is 2.29. The number of anilines is 1. The summed E-state index contributed by atoms with van der Waals surface area (Å²) < 4.78 is 27.8. The summed E-state index contributed by atoms with van der Waals surface area (Å²) in [5, 5.41) is 3.88. The molecule has 20 heavy (non-hydrogen) atoms. The van der Waals surface area contributed by atoms with Crippen LogP contribution in [0, 0.1) is 0 Å². The minimum atomic E-state index is -3.67. The van der Waals surface area contributed by atoms with Gasteiger partial charge in [-0.15, -0.1) is 0 Å². The van der Waals surface area contributed by atoms with Crippen molar-refractivity contribution in [3.8, 4) is 0 Å². The highest BCUT2D eigenvalue weighted by molar-refractivity contribution is 7.89. The minimum Gasteiger partial charge on any atom is -0.381 e. The second kappa shape index (κ2) is 5.26. The highest BCUT2D eigenvalue weighted by Crippen LogP contribution is 2.27. The first kappa shape index (κ1) is 14.5. The van der Waals surface area contributed by atoms with E-state index in [9.17, 15) is 8.42 Å². The number of sulfonamides is 1. The number of aryl methyl sites for hydroxylation is 1. The molecule has 0 aliphatic rings. The van der Waals surface area contributed by atoms with Gasteiger partial charge in [0, 0.05) is 26.3 Å². The van der Waals surface area contributed by atoms with Gasteiger partial charge in [-0.3, -0.25) is 4.68 Å². The van der Waals surface area contributed by atoms with E-state index < -0.39 is 10.0 Å². The Kier molecular flexibility index (Phi) is 3.82. The molecule has 0 saturated heterocycles. The molecule has 0 aliphatic carbocycles. The molecule has 6 nitrogen and oxygen atoms in total. The van der Waals surface area contributed by atoms with E-state index in [1.165, 1.54) is 15.2 Å². The average Bonchev–Trinajstić information content (AvgIpc) is 2.77. The zero-order valence-electron chi connectivity index (χ0n) is 11.7. The number of hydrogen-bond donors (Lipinski definition) is 1. The van der Waals surface area contributed by atoms with Crippen LogP contribution in [0.15, 0.2) is 41.4 Å². The van der Waals surface area contributed by atoms with Crippen LogP contribution >= 0.6 is 0 Å². The maximum absolute atomic E-state index is 12.6. The molecule has 0 radical (unpaired) electrons. The molecule has 7 heteroatoms. The molecule has 0 amide bonds. The van der Waals surface area contributed by atoms with Gasteiger partial charge in [0.2, 0.25) is 10.0 Å². The van der Waals surface area contributed by atoms with Gasteiger partial charge in [0.25, 0.3) is 0 Å². The normalized spacial score (nSPS) is 13.6. The van der Waals surface area contributed by atoms with Crippen LogP contribution in [-0.2, 0) is 17.1 Å². The van der Waals surface area contributed by atoms with Gasteiger partial charge in [0.1, 0.15) is 4.90 Å². The Bertz CT molecular complexity index is 694. The van der Waals surface area contributed by atoms with Crippen LogP contribution in [0.5, 0.6) is 0 Å². The van der Waals surface area contributed by atoms with Crippen LogP contribution in [0.2, 0.25) is 0 Å². The number of hydrogen-bond acceptors (Lipinski definition) is 4. The van der Waals surface area contributed by atoms with E-state index in [1.807, 2.05) is 37.3 Å². The summed E-state index contributed by atoms with van der Waals surface area (Å²) >= 11 is 0. The Morgan fingerprint density at radius 1 is 1.30 bits per heavy atom. The Hall–Kier alpha value is -1.86. The van der Waals surface area contributed by atoms with Crippen LogP contribution < -0.4 is 5.73 Å². The van der Waals surface area contributed by atoms with Crippen LogP contribution in [0.4, 0.5) is 5.82 Å². The van der Waals surface area contributed by atoms with Gasteiger partial charge < -0.3 is 5.73 Å². The van der Waals surface area contributed by atoms with Crippen molar-refractivity contribution in [2.24, 2.45) is 7.05 Å². The lowest BCUT2D eigenvalue weighted by atomic mass is 10.1. The fourth-order valence-corrected chi connectivity index (χ4v) is 3.43. The molecule has 0 saturated carbocycles. The number of rotatable bonds is 4. The van der Waals surface area contributed by atoms with E-state index in [0.29, 0.717) is 0 Å². The molecule has 1 aromatic carbocycles. The largest absolute Gasteiger partial charge is 0.381 e. The first-order chi connectivity index (χ1) is 9.34. The Balaban J connectivity index is 2.37. The molecular weight excluding hydrogens is 276 g/mol. The van der Waals surface area contributed by atoms with Crippen molar-refractivity contribution in [1.29, 1.82) is 0 Å². The molecule has 0 fully saturated rings. The van der Waals surface area contributed by atoms with Crippen molar-refractivity contribution < 1.29 is 8.42 Å². The van der Waals surface area contributed by atoms with Crippen molar-refractivity contribution in [2.45, 2.75) is 17.9 Å². The Labute approximate surface area is 118 Å². The van der Waals surface area contributed by atoms with E-state index >= 15 is 0 Å². The smallest absolute Gasteiger partial charge is 0.248 e. The molecule has 0 bridgehead atoms. The molecule has 1 unspecified atom stereocenters. The van der Waals surface area contributed by atoms with Gasteiger partial charge in [-0.05, 0) is 12.5 Å². The fraction of sp³-hybridized carbons (Fsp3) is 0.308. The number of nitrogens with two attached hydrogens (primary N) is 1. The van der Waals surface area contributed by atoms with Crippen molar-refractivity contribution in [3.05, 3.63) is 42.1 Å². The maximum atomic E-state index is 12.6. The second-order valence-corrected chi connectivity index (χ2v) is 6.63. The van der Waals surface area contributed by atoms with Gasteiger partial charge in [-0.2, -0.15) is 9.40 Å². The predicted octanol–water partition coefficient (Wildman–Crippen LogP) is 1.38. The van der Waals surface area contributed by atoms with Crippen molar-refractivity contribution in [2.75, 3.05) is 12.8 Å². The van der Waals surface area contributed by atoms with Crippen molar-refractivity contribution in [3.63, 3.8) is 0 Å². The van der Waals surface area contributed by atoms with E-state index in [1.54, 1.807) is 14.1 Å². The summed E-state index contributed by atoms with van der Waals surface area (Å²) in [6.07, 6.45) is 1.42. The molecular formula is C13H18N4O2S. The summed E-state index contributed by atoms with van der Waals surface area (Å²) in [6.45, 7) is 1.83. The third-order valence-electron chi connectivity index (χ3n) is 3.31. The SMILES string of the molecule is CC(c1ccccc1)N(C)S(=O)(=O)c1cn(C)nc1N. The summed E-state index contributed by atoms with van der Waals surface area (Å²) in [4.78, 5) is 0.0327. The molecule has 108 valence electrons. The van der Waals surface area contributed by atoms with Crippen molar-refractivity contribution >= 4 is 15.8 Å². The molecule has 0 aliphatic heterocycles. The third-order valence-corrected chi connectivity index (χ3v) is 5.25. The Morgan fingerprint density at radius 3 is 2.40 bits per heavy atom. The topological polar surface area (TPSA) is 81.2 Å². The van der Waals surface area contributed by atoms with E-state index in [-0.39, 0.29) is 16.8 Å². The summed E-state index contributed by atoms with van der Waals surface area (Å²) in [5.74, 6) is 0.0135. The molecule has 1 atom stereocenters. The van der Waals surface area contributed by atoms with Crippen LogP contribution in [0.25, 0.3) is 0 Å². The van der Waals surface area contributed by atoms with Crippen LogP contribution in [-0.4, -0.2) is 29.6 Å². The molecule has 2 rings (SSSR count). The number of nitrogen functional groups attached to an aromatic ring is 1. The van der Waals surface area contributed by atoms with E-state index in [4.69, 9.17) is 5.73 Å². The first-order valence-electron chi connectivity index (χ1n) is 6.16. The monoisotopic (exact) mass is 294 g/mol. The standard InChI is InChI=1S/C13H18N4O2S/c1-10(11-7-5-4-6-8-11)17(3)20(18,19)12-9-16(2)15-13(12)14/h4-10H,1-3H3,(H2,14,15). The van der Waals surface area contributed by atoms with Crippen LogP contribution in [0.1, 0.15) is 18.5 Å². The number of nitrogens with zero attached hydrogens (tertiary/aromatic N) is 3. The van der Waals surface area contributed by atoms with Crippen LogP contribution in [0.3, 0.4) is 0 Å². The Morgan fingerprint density at radius 2 is 1.90 bits per heavy atom. The molecule has 0 spiro atoms. The van der Waals surface area contributed by atoms with E-state index in [2.05, 4.69) is 5.10 Å². The third kappa shape index (κ3) is 2.54.